The Hall–Kier alpha value is -2.65. The van der Waals surface area contributed by atoms with Gasteiger partial charge >= 0.3 is 0 Å². The monoisotopic (exact) mass is 472 g/mol. The molecular weight excluding hydrogens is 454 g/mol. The lowest BCUT2D eigenvalue weighted by atomic mass is 9.68. The summed E-state index contributed by atoms with van der Waals surface area (Å²) in [5, 5.41) is 3.38. The van der Waals surface area contributed by atoms with Gasteiger partial charge in [-0.2, -0.15) is 4.39 Å². The number of nitrogens with one attached hydrogen (secondary N) is 2. The third kappa shape index (κ3) is 3.44. The maximum atomic E-state index is 15.6. The summed E-state index contributed by atoms with van der Waals surface area (Å²) in [5.41, 5.74) is 1.33. The SMILES string of the molecule is Fc1cnc2[nH]cc(-c3nc(NC4CC5CCC4CC5)c(F)c(-c4ccc(Cl)s4)n3)c2n1. The average Bonchev–Trinajstić information content (AvgIpc) is 3.42. The number of aromatic amines is 1. The molecule has 0 saturated heterocycles. The van der Waals surface area contributed by atoms with Gasteiger partial charge < -0.3 is 10.3 Å². The molecule has 0 amide bonds. The van der Waals surface area contributed by atoms with Gasteiger partial charge in [-0.3, -0.25) is 0 Å². The Morgan fingerprint density at radius 2 is 1.94 bits per heavy atom. The van der Waals surface area contributed by atoms with E-state index in [0.717, 1.165) is 25.5 Å². The highest BCUT2D eigenvalue weighted by molar-refractivity contribution is 7.19. The predicted molar refractivity (Wildman–Crippen MR) is 121 cm³/mol. The van der Waals surface area contributed by atoms with Gasteiger partial charge in [-0.05, 0) is 43.2 Å². The maximum Gasteiger partial charge on any atom is 0.232 e. The van der Waals surface area contributed by atoms with Crippen molar-refractivity contribution >= 4 is 39.9 Å². The number of hydrogen-bond acceptors (Lipinski definition) is 6. The normalized spacial score (nSPS) is 22.5. The molecule has 3 fully saturated rings. The van der Waals surface area contributed by atoms with Gasteiger partial charge in [-0.15, -0.1) is 11.3 Å². The summed E-state index contributed by atoms with van der Waals surface area (Å²) in [6.07, 6.45) is 8.50. The van der Waals surface area contributed by atoms with E-state index < -0.39 is 11.8 Å². The molecule has 164 valence electrons. The van der Waals surface area contributed by atoms with E-state index in [1.165, 1.54) is 24.2 Å². The van der Waals surface area contributed by atoms with Gasteiger partial charge in [0, 0.05) is 12.2 Å². The molecule has 2 N–H and O–H groups in total. The van der Waals surface area contributed by atoms with Gasteiger partial charge in [0.15, 0.2) is 23.1 Å². The van der Waals surface area contributed by atoms with Crippen LogP contribution in [0.3, 0.4) is 0 Å². The zero-order valence-corrected chi connectivity index (χ0v) is 18.5. The first-order chi connectivity index (χ1) is 15.5. The quantitative estimate of drug-likeness (QED) is 0.377. The number of thiophene rings is 1. The van der Waals surface area contributed by atoms with Crippen molar-refractivity contribution in [2.75, 3.05) is 5.32 Å². The molecule has 0 spiro atoms. The van der Waals surface area contributed by atoms with Gasteiger partial charge in [0.2, 0.25) is 5.95 Å². The molecule has 0 aromatic carbocycles. The van der Waals surface area contributed by atoms with Crippen LogP contribution >= 0.6 is 22.9 Å². The number of fused-ring (bicyclic) bond motifs is 4. The van der Waals surface area contributed by atoms with Crippen molar-refractivity contribution in [3.05, 3.63) is 40.6 Å². The van der Waals surface area contributed by atoms with E-state index in [1.807, 2.05) is 0 Å². The average molecular weight is 473 g/mol. The van der Waals surface area contributed by atoms with E-state index in [2.05, 4.69) is 30.2 Å². The van der Waals surface area contributed by atoms with Crippen molar-refractivity contribution in [3.63, 3.8) is 0 Å². The number of halogens is 3. The molecule has 4 aromatic heterocycles. The van der Waals surface area contributed by atoms with Crippen LogP contribution in [-0.4, -0.2) is 31.0 Å². The minimum atomic E-state index is -0.706. The molecule has 1 unspecified atom stereocenters. The van der Waals surface area contributed by atoms with Crippen LogP contribution < -0.4 is 5.32 Å². The summed E-state index contributed by atoms with van der Waals surface area (Å²) >= 11 is 7.35. The van der Waals surface area contributed by atoms with Crippen LogP contribution in [0, 0.1) is 23.6 Å². The van der Waals surface area contributed by atoms with Gasteiger partial charge in [0.25, 0.3) is 0 Å². The molecule has 10 heteroatoms. The fourth-order valence-electron chi connectivity index (χ4n) is 5.04. The highest BCUT2D eigenvalue weighted by Crippen LogP contribution is 2.43. The third-order valence-corrected chi connectivity index (χ3v) is 7.86. The standard InChI is InChI=1S/C22H19ClF2N6S/c23-15-6-5-14(32-15)19-17(25)21(28-13-7-10-1-3-11(13)4-2-10)31-20(30-19)12-8-26-22-18(12)29-16(24)9-27-22/h5-6,8-11,13H,1-4,7H2,(H,26,27)(H,28,30,31). The number of hydrogen-bond donors (Lipinski definition) is 2. The van der Waals surface area contributed by atoms with Gasteiger partial charge in [-0.25, -0.2) is 24.3 Å². The van der Waals surface area contributed by atoms with Crippen LogP contribution in [0.4, 0.5) is 14.6 Å². The molecule has 3 aliphatic rings. The Kier molecular flexibility index (Phi) is 4.83. The van der Waals surface area contributed by atoms with E-state index in [-0.39, 0.29) is 23.4 Å². The number of H-pyrrole nitrogens is 1. The Balaban J connectivity index is 1.48. The molecule has 4 heterocycles. The summed E-state index contributed by atoms with van der Waals surface area (Å²) < 4.78 is 30.0. The summed E-state index contributed by atoms with van der Waals surface area (Å²) in [7, 11) is 0. The molecule has 0 aliphatic heterocycles. The second kappa shape index (κ2) is 7.74. The Morgan fingerprint density at radius 3 is 2.66 bits per heavy atom. The third-order valence-electron chi connectivity index (χ3n) is 6.62. The first-order valence-corrected chi connectivity index (χ1v) is 11.8. The number of aromatic nitrogens is 5. The van der Waals surface area contributed by atoms with E-state index in [1.54, 1.807) is 18.3 Å². The molecule has 32 heavy (non-hydrogen) atoms. The van der Waals surface area contributed by atoms with Gasteiger partial charge in [-0.1, -0.05) is 24.4 Å². The smallest absolute Gasteiger partial charge is 0.232 e. The Labute approximate surface area is 191 Å². The number of rotatable bonds is 4. The van der Waals surface area contributed by atoms with Crippen molar-refractivity contribution in [1.29, 1.82) is 0 Å². The van der Waals surface area contributed by atoms with Crippen LogP contribution in [0.15, 0.2) is 24.5 Å². The Bertz CT molecular complexity index is 1310. The minimum absolute atomic E-state index is 0.158. The molecular formula is C22H19ClF2N6S. The molecule has 1 atom stereocenters. The molecule has 0 radical (unpaired) electrons. The fraction of sp³-hybridized carbons (Fsp3) is 0.364. The summed E-state index contributed by atoms with van der Waals surface area (Å²) in [4.78, 5) is 20.5. The van der Waals surface area contributed by atoms with Crippen LogP contribution in [0.25, 0.3) is 33.1 Å². The molecule has 6 nitrogen and oxygen atoms in total. The zero-order chi connectivity index (χ0) is 21.8. The van der Waals surface area contributed by atoms with E-state index in [9.17, 15) is 4.39 Å². The highest BCUT2D eigenvalue weighted by atomic mass is 35.5. The summed E-state index contributed by atoms with van der Waals surface area (Å²) in [5.74, 6) is 0.397. The van der Waals surface area contributed by atoms with Crippen molar-refractivity contribution in [3.8, 4) is 22.0 Å². The predicted octanol–water partition coefficient (Wildman–Crippen LogP) is 6.07. The molecule has 3 aliphatic carbocycles. The van der Waals surface area contributed by atoms with Crippen LogP contribution in [0.2, 0.25) is 4.34 Å². The fourth-order valence-corrected chi connectivity index (χ4v) is 6.07. The number of nitrogens with zero attached hydrogens (tertiary/aromatic N) is 4. The van der Waals surface area contributed by atoms with Crippen molar-refractivity contribution in [1.82, 2.24) is 24.9 Å². The molecule has 2 bridgehead atoms. The number of anilines is 1. The molecule has 4 aromatic rings. The lowest BCUT2D eigenvalue weighted by Crippen LogP contribution is -2.40. The second-order valence-corrected chi connectivity index (χ2v) is 10.2. The summed E-state index contributed by atoms with van der Waals surface area (Å²) in [6.45, 7) is 0. The van der Waals surface area contributed by atoms with E-state index >= 15 is 4.39 Å². The van der Waals surface area contributed by atoms with Crippen LogP contribution in [-0.2, 0) is 0 Å². The van der Waals surface area contributed by atoms with Crippen LogP contribution in [0.1, 0.15) is 32.1 Å². The molecule has 3 saturated carbocycles. The second-order valence-electron chi connectivity index (χ2n) is 8.52. The van der Waals surface area contributed by atoms with Gasteiger partial charge in [0.1, 0.15) is 11.2 Å². The lowest BCUT2D eigenvalue weighted by molar-refractivity contribution is 0.157. The first-order valence-electron chi connectivity index (χ1n) is 10.6. The minimum Gasteiger partial charge on any atom is -0.364 e. The Morgan fingerprint density at radius 1 is 1.09 bits per heavy atom. The van der Waals surface area contributed by atoms with Crippen molar-refractivity contribution in [2.45, 2.75) is 38.1 Å². The summed E-state index contributed by atoms with van der Waals surface area (Å²) in [6, 6.07) is 3.63. The van der Waals surface area contributed by atoms with Crippen molar-refractivity contribution in [2.24, 2.45) is 11.8 Å². The first kappa shape index (κ1) is 20.0. The van der Waals surface area contributed by atoms with Crippen LogP contribution in [0.5, 0.6) is 0 Å². The highest BCUT2D eigenvalue weighted by Gasteiger charge is 2.36. The largest absolute Gasteiger partial charge is 0.364 e. The lowest BCUT2D eigenvalue weighted by Gasteiger charge is -2.42. The zero-order valence-electron chi connectivity index (χ0n) is 16.9. The maximum absolute atomic E-state index is 15.6. The van der Waals surface area contributed by atoms with E-state index in [4.69, 9.17) is 11.6 Å². The van der Waals surface area contributed by atoms with Crippen molar-refractivity contribution < 1.29 is 8.78 Å². The molecule has 7 rings (SSSR count). The van der Waals surface area contributed by atoms with E-state index in [0.29, 0.717) is 37.8 Å². The topological polar surface area (TPSA) is 79.4 Å². The van der Waals surface area contributed by atoms with Gasteiger partial charge in [0.05, 0.1) is 21.0 Å².